The molecule has 7 heteroatoms. The molecule has 1 amide bonds. The van der Waals surface area contributed by atoms with Crippen LogP contribution in [0.25, 0.3) is 0 Å². The van der Waals surface area contributed by atoms with Crippen LogP contribution >= 0.6 is 0 Å². The summed E-state index contributed by atoms with van der Waals surface area (Å²) in [7, 11) is 0. The van der Waals surface area contributed by atoms with E-state index in [9.17, 15) is 9.59 Å². The van der Waals surface area contributed by atoms with E-state index in [0.29, 0.717) is 48.3 Å². The Morgan fingerprint density at radius 2 is 1.78 bits per heavy atom. The number of carbonyl (C=O) groups excluding carboxylic acids is 2. The van der Waals surface area contributed by atoms with Gasteiger partial charge in [0.05, 0.1) is 12.2 Å². The smallest absolute Gasteiger partial charge is 0.338 e. The fraction of sp³-hybridized carbons (Fsp3) is 0.300. The molecule has 1 aliphatic rings. The molecule has 0 bridgehead atoms. The molecule has 0 fully saturated rings. The molecular formula is C20H21NO6. The first-order chi connectivity index (χ1) is 13.2. The average molecular weight is 371 g/mol. The van der Waals surface area contributed by atoms with Gasteiger partial charge in [0.15, 0.2) is 18.1 Å². The Balaban J connectivity index is 1.49. The van der Waals surface area contributed by atoms with Crippen LogP contribution in [0.15, 0.2) is 42.5 Å². The minimum atomic E-state index is -0.575. The van der Waals surface area contributed by atoms with Crippen molar-refractivity contribution in [1.82, 2.24) is 0 Å². The number of benzene rings is 2. The summed E-state index contributed by atoms with van der Waals surface area (Å²) in [6.45, 7) is 3.21. The number of carbonyl (C=O) groups is 2. The summed E-state index contributed by atoms with van der Waals surface area (Å²) in [5, 5.41) is 2.66. The second-order valence-electron chi connectivity index (χ2n) is 5.86. The number of esters is 1. The first-order valence-corrected chi connectivity index (χ1v) is 8.75. The zero-order chi connectivity index (χ0) is 19.1. The molecule has 0 unspecified atom stereocenters. The van der Waals surface area contributed by atoms with Crippen molar-refractivity contribution in [2.24, 2.45) is 0 Å². The highest BCUT2D eigenvalue weighted by atomic mass is 16.6. The monoisotopic (exact) mass is 371 g/mol. The molecular weight excluding hydrogens is 350 g/mol. The van der Waals surface area contributed by atoms with Gasteiger partial charge in [0.25, 0.3) is 5.91 Å². The van der Waals surface area contributed by atoms with Gasteiger partial charge >= 0.3 is 5.97 Å². The average Bonchev–Trinajstić information content (AvgIpc) is 2.70. The topological polar surface area (TPSA) is 83.1 Å². The standard InChI is InChI=1S/C20H21NO6/c1-2-9-24-16-6-3-14(4-7-16)20(23)27-13-19(22)21-15-5-8-17-18(12-15)26-11-10-25-17/h3-8,12H,2,9-11,13H2,1H3,(H,21,22). The maximum Gasteiger partial charge on any atom is 0.338 e. The summed E-state index contributed by atoms with van der Waals surface area (Å²) >= 11 is 0. The van der Waals surface area contributed by atoms with Gasteiger partial charge in [0.1, 0.15) is 19.0 Å². The minimum absolute atomic E-state index is 0.353. The SMILES string of the molecule is CCCOc1ccc(C(=O)OCC(=O)Nc2ccc3c(c2)OCCO3)cc1. The zero-order valence-corrected chi connectivity index (χ0v) is 15.0. The number of anilines is 1. The fourth-order valence-electron chi connectivity index (χ4n) is 2.44. The molecule has 0 saturated carbocycles. The molecule has 1 N–H and O–H groups in total. The van der Waals surface area contributed by atoms with Gasteiger partial charge in [-0.1, -0.05) is 6.92 Å². The van der Waals surface area contributed by atoms with Gasteiger partial charge in [-0.15, -0.1) is 0 Å². The number of rotatable bonds is 7. The third kappa shape index (κ3) is 5.13. The van der Waals surface area contributed by atoms with Crippen molar-refractivity contribution in [2.45, 2.75) is 13.3 Å². The molecule has 3 rings (SSSR count). The van der Waals surface area contributed by atoms with Crippen LogP contribution in [0.2, 0.25) is 0 Å². The number of fused-ring (bicyclic) bond motifs is 1. The van der Waals surface area contributed by atoms with Crippen molar-refractivity contribution >= 4 is 17.6 Å². The Morgan fingerprint density at radius 3 is 2.52 bits per heavy atom. The predicted octanol–water partition coefficient (Wildman–Crippen LogP) is 3.04. The largest absolute Gasteiger partial charge is 0.494 e. The Hall–Kier alpha value is -3.22. The van der Waals surface area contributed by atoms with E-state index in [0.717, 1.165) is 6.42 Å². The van der Waals surface area contributed by atoms with E-state index in [4.69, 9.17) is 18.9 Å². The van der Waals surface area contributed by atoms with Crippen molar-refractivity contribution in [1.29, 1.82) is 0 Å². The summed E-state index contributed by atoms with van der Waals surface area (Å²) in [5.74, 6) is 0.875. The van der Waals surface area contributed by atoms with E-state index < -0.39 is 11.9 Å². The number of nitrogens with one attached hydrogen (secondary N) is 1. The summed E-state index contributed by atoms with van der Waals surface area (Å²) in [6, 6.07) is 11.7. The summed E-state index contributed by atoms with van der Waals surface area (Å²) in [4.78, 5) is 24.0. The third-order valence-corrected chi connectivity index (χ3v) is 3.72. The highest BCUT2D eigenvalue weighted by Gasteiger charge is 2.14. The summed E-state index contributed by atoms with van der Waals surface area (Å²) in [5.41, 5.74) is 0.892. The number of hydrogen-bond donors (Lipinski definition) is 1. The first-order valence-electron chi connectivity index (χ1n) is 8.75. The van der Waals surface area contributed by atoms with E-state index in [1.807, 2.05) is 6.92 Å². The lowest BCUT2D eigenvalue weighted by Crippen LogP contribution is -2.21. The van der Waals surface area contributed by atoms with Gasteiger partial charge < -0.3 is 24.3 Å². The molecule has 142 valence electrons. The molecule has 2 aromatic carbocycles. The Bertz CT molecular complexity index is 803. The maximum atomic E-state index is 12.0. The number of ether oxygens (including phenoxy) is 4. The van der Waals surface area contributed by atoms with Crippen molar-refractivity contribution in [2.75, 3.05) is 31.7 Å². The molecule has 27 heavy (non-hydrogen) atoms. The molecule has 0 atom stereocenters. The highest BCUT2D eigenvalue weighted by Crippen LogP contribution is 2.32. The molecule has 2 aromatic rings. The van der Waals surface area contributed by atoms with Crippen molar-refractivity contribution in [3.8, 4) is 17.2 Å². The molecule has 0 aromatic heterocycles. The van der Waals surface area contributed by atoms with Crippen LogP contribution in [0.1, 0.15) is 23.7 Å². The molecule has 7 nitrogen and oxygen atoms in total. The van der Waals surface area contributed by atoms with Crippen molar-refractivity contribution < 1.29 is 28.5 Å². The summed E-state index contributed by atoms with van der Waals surface area (Å²) < 4.78 is 21.4. The van der Waals surface area contributed by atoms with Crippen LogP contribution in [-0.4, -0.2) is 38.3 Å². The van der Waals surface area contributed by atoms with Gasteiger partial charge in [0, 0.05) is 11.8 Å². The quantitative estimate of drug-likeness (QED) is 0.753. The minimum Gasteiger partial charge on any atom is -0.494 e. The van der Waals surface area contributed by atoms with Gasteiger partial charge in [-0.25, -0.2) is 4.79 Å². The van der Waals surface area contributed by atoms with E-state index >= 15 is 0 Å². The zero-order valence-electron chi connectivity index (χ0n) is 15.0. The van der Waals surface area contributed by atoms with E-state index in [2.05, 4.69) is 5.32 Å². The molecule has 0 radical (unpaired) electrons. The van der Waals surface area contributed by atoms with Gasteiger partial charge in [-0.05, 0) is 42.8 Å². The van der Waals surface area contributed by atoms with Crippen LogP contribution in [-0.2, 0) is 9.53 Å². The predicted molar refractivity (Wildman–Crippen MR) is 98.6 cm³/mol. The van der Waals surface area contributed by atoms with Gasteiger partial charge in [-0.2, -0.15) is 0 Å². The summed E-state index contributed by atoms with van der Waals surface area (Å²) in [6.07, 6.45) is 0.905. The second-order valence-corrected chi connectivity index (χ2v) is 5.86. The van der Waals surface area contributed by atoms with Crippen LogP contribution in [0.4, 0.5) is 5.69 Å². The van der Waals surface area contributed by atoms with Crippen molar-refractivity contribution in [3.63, 3.8) is 0 Å². The number of hydrogen-bond acceptors (Lipinski definition) is 6. The number of amides is 1. The van der Waals surface area contributed by atoms with Crippen LogP contribution in [0.3, 0.4) is 0 Å². The fourth-order valence-corrected chi connectivity index (χ4v) is 2.44. The lowest BCUT2D eigenvalue weighted by Gasteiger charge is -2.19. The Kier molecular flexibility index (Phi) is 6.14. The second kappa shape index (κ2) is 8.93. The van der Waals surface area contributed by atoms with Gasteiger partial charge in [-0.3, -0.25) is 4.79 Å². The molecule has 1 aliphatic heterocycles. The lowest BCUT2D eigenvalue weighted by molar-refractivity contribution is -0.119. The van der Waals surface area contributed by atoms with E-state index in [1.165, 1.54) is 0 Å². The lowest BCUT2D eigenvalue weighted by atomic mass is 10.2. The van der Waals surface area contributed by atoms with Crippen molar-refractivity contribution in [3.05, 3.63) is 48.0 Å². The van der Waals surface area contributed by atoms with E-state index in [-0.39, 0.29) is 6.61 Å². The Labute approximate surface area is 157 Å². The molecule has 0 aliphatic carbocycles. The molecule has 0 saturated heterocycles. The third-order valence-electron chi connectivity index (χ3n) is 3.72. The normalized spacial score (nSPS) is 12.2. The Morgan fingerprint density at radius 1 is 1.04 bits per heavy atom. The first kappa shape index (κ1) is 18.6. The maximum absolute atomic E-state index is 12.0. The van der Waals surface area contributed by atoms with Crippen LogP contribution in [0.5, 0.6) is 17.2 Å². The van der Waals surface area contributed by atoms with Gasteiger partial charge in [0.2, 0.25) is 0 Å². The molecule has 1 heterocycles. The highest BCUT2D eigenvalue weighted by molar-refractivity contribution is 5.95. The van der Waals surface area contributed by atoms with E-state index in [1.54, 1.807) is 42.5 Å². The molecule has 0 spiro atoms. The van der Waals surface area contributed by atoms with Crippen LogP contribution < -0.4 is 19.5 Å². The van der Waals surface area contributed by atoms with Crippen LogP contribution in [0, 0.1) is 0 Å².